The Morgan fingerprint density at radius 3 is 1.83 bits per heavy atom. The Morgan fingerprint density at radius 1 is 0.862 bits per heavy atom. The monoisotopic (exact) mass is 446 g/mol. The van der Waals surface area contributed by atoms with Crippen LogP contribution in [0, 0.1) is 23.7 Å². The van der Waals surface area contributed by atoms with Crippen molar-refractivity contribution in [1.82, 2.24) is 0 Å². The standard InChI is InChI=1S/C17H23F9O3/c1-9-10(2)12-6-11(9)13(18,15(12,19)20)7-14(16(21,22)23,17(24,25)26)29-8-28-5-4-27-3/h9-12H,4-8H2,1-3H3. The smallest absolute Gasteiger partial charge is 0.382 e. The Kier molecular flexibility index (Phi) is 6.55. The summed E-state index contributed by atoms with van der Waals surface area (Å²) in [4.78, 5) is 0. The molecule has 2 fully saturated rings. The minimum Gasteiger partial charge on any atom is -0.382 e. The minimum absolute atomic E-state index is 0.154. The van der Waals surface area contributed by atoms with Gasteiger partial charge in [-0.25, -0.2) is 13.2 Å². The van der Waals surface area contributed by atoms with Crippen molar-refractivity contribution in [2.75, 3.05) is 27.1 Å². The molecule has 2 rings (SSSR count). The molecule has 172 valence electrons. The Labute approximate surface area is 161 Å². The van der Waals surface area contributed by atoms with Crippen LogP contribution in [0.15, 0.2) is 0 Å². The van der Waals surface area contributed by atoms with E-state index in [0.717, 1.165) is 0 Å². The molecular weight excluding hydrogens is 423 g/mol. The fraction of sp³-hybridized carbons (Fsp3) is 1.00. The molecule has 0 spiro atoms. The van der Waals surface area contributed by atoms with Crippen molar-refractivity contribution in [3.8, 4) is 0 Å². The van der Waals surface area contributed by atoms with Gasteiger partial charge in [-0.1, -0.05) is 13.8 Å². The SMILES string of the molecule is COCCOCOC(CC1(F)C2CC(C(C)C2C)C1(F)F)(C(F)(F)F)C(F)(F)F. The van der Waals surface area contributed by atoms with Gasteiger partial charge in [0.05, 0.1) is 13.2 Å². The first kappa shape index (κ1) is 24.5. The first-order valence-electron chi connectivity index (χ1n) is 8.97. The minimum atomic E-state index is -6.21. The highest BCUT2D eigenvalue weighted by molar-refractivity contribution is 5.20. The van der Waals surface area contributed by atoms with Crippen LogP contribution in [-0.2, 0) is 14.2 Å². The molecule has 0 amide bonds. The highest BCUT2D eigenvalue weighted by atomic mass is 19.4. The summed E-state index contributed by atoms with van der Waals surface area (Å²) in [7, 11) is 1.21. The Bertz CT molecular complexity index is 563. The van der Waals surface area contributed by atoms with E-state index >= 15 is 4.39 Å². The molecule has 0 radical (unpaired) electrons. The number of alkyl halides is 9. The first-order valence-corrected chi connectivity index (χ1v) is 8.97. The van der Waals surface area contributed by atoms with Crippen LogP contribution in [0.2, 0.25) is 0 Å². The van der Waals surface area contributed by atoms with E-state index in [1.807, 2.05) is 0 Å². The largest absolute Gasteiger partial charge is 0.426 e. The number of halogens is 9. The Morgan fingerprint density at radius 2 is 1.38 bits per heavy atom. The zero-order valence-corrected chi connectivity index (χ0v) is 16.0. The van der Waals surface area contributed by atoms with Crippen LogP contribution in [0.4, 0.5) is 39.5 Å². The second-order valence-corrected chi connectivity index (χ2v) is 7.81. The van der Waals surface area contributed by atoms with Crippen LogP contribution < -0.4 is 0 Å². The molecule has 3 nitrogen and oxygen atoms in total. The first-order chi connectivity index (χ1) is 13.1. The maximum atomic E-state index is 15.5. The second-order valence-electron chi connectivity index (χ2n) is 7.81. The average molecular weight is 446 g/mol. The average Bonchev–Trinajstić information content (AvgIpc) is 2.97. The molecule has 2 aliphatic rings. The lowest BCUT2D eigenvalue weighted by Gasteiger charge is -2.47. The summed E-state index contributed by atoms with van der Waals surface area (Å²) < 4.78 is 140. The molecule has 2 bridgehead atoms. The summed E-state index contributed by atoms with van der Waals surface area (Å²) in [5, 5.41) is 0. The van der Waals surface area contributed by atoms with E-state index in [4.69, 9.17) is 0 Å². The van der Waals surface area contributed by atoms with Crippen molar-refractivity contribution >= 4 is 0 Å². The van der Waals surface area contributed by atoms with Gasteiger partial charge in [-0.3, -0.25) is 0 Å². The molecule has 12 heteroatoms. The molecule has 0 aromatic heterocycles. The van der Waals surface area contributed by atoms with Gasteiger partial charge in [0, 0.05) is 25.4 Å². The molecule has 5 atom stereocenters. The third-order valence-corrected chi connectivity index (χ3v) is 6.46. The fourth-order valence-electron chi connectivity index (χ4n) is 4.60. The highest BCUT2D eigenvalue weighted by Crippen LogP contribution is 2.69. The quantitative estimate of drug-likeness (QED) is 0.294. The van der Waals surface area contributed by atoms with E-state index in [-0.39, 0.29) is 6.61 Å². The Hall–Kier alpha value is -0.750. The molecule has 0 N–H and O–H groups in total. The second kappa shape index (κ2) is 7.74. The number of hydrogen-bond acceptors (Lipinski definition) is 3. The maximum absolute atomic E-state index is 15.5. The van der Waals surface area contributed by atoms with Crippen molar-refractivity contribution in [2.45, 2.75) is 56.2 Å². The predicted octanol–water partition coefficient (Wildman–Crippen LogP) is 5.14. The van der Waals surface area contributed by atoms with Crippen LogP contribution in [0.5, 0.6) is 0 Å². The van der Waals surface area contributed by atoms with E-state index in [1.165, 1.54) is 21.0 Å². The van der Waals surface area contributed by atoms with Gasteiger partial charge in [0.25, 0.3) is 11.5 Å². The fourth-order valence-corrected chi connectivity index (χ4v) is 4.60. The van der Waals surface area contributed by atoms with E-state index in [1.54, 1.807) is 0 Å². The van der Waals surface area contributed by atoms with Crippen molar-refractivity contribution < 1.29 is 53.7 Å². The maximum Gasteiger partial charge on any atom is 0.426 e. The lowest BCUT2D eigenvalue weighted by atomic mass is 9.67. The van der Waals surface area contributed by atoms with Crippen LogP contribution in [0.1, 0.15) is 26.7 Å². The van der Waals surface area contributed by atoms with Gasteiger partial charge < -0.3 is 14.2 Å². The summed E-state index contributed by atoms with van der Waals surface area (Å²) in [6.07, 6.45) is -15.5. The van der Waals surface area contributed by atoms with Crippen LogP contribution in [0.3, 0.4) is 0 Å². The van der Waals surface area contributed by atoms with Gasteiger partial charge in [-0.15, -0.1) is 0 Å². The molecule has 0 heterocycles. The summed E-state index contributed by atoms with van der Waals surface area (Å²) >= 11 is 0. The van der Waals surface area contributed by atoms with Gasteiger partial charge >= 0.3 is 12.4 Å². The summed E-state index contributed by atoms with van der Waals surface area (Å²) in [6.45, 7) is 0.668. The number of fused-ring (bicyclic) bond motifs is 2. The number of rotatable bonds is 8. The van der Waals surface area contributed by atoms with Crippen molar-refractivity contribution in [1.29, 1.82) is 0 Å². The Balaban J connectivity index is 2.41. The lowest BCUT2D eigenvalue weighted by molar-refractivity contribution is -0.407. The van der Waals surface area contributed by atoms with Crippen LogP contribution in [0.25, 0.3) is 0 Å². The highest BCUT2D eigenvalue weighted by Gasteiger charge is 2.82. The molecule has 0 aromatic carbocycles. The van der Waals surface area contributed by atoms with Crippen LogP contribution in [-0.4, -0.2) is 56.7 Å². The third kappa shape index (κ3) is 3.73. The topological polar surface area (TPSA) is 27.7 Å². The predicted molar refractivity (Wildman–Crippen MR) is 81.9 cm³/mol. The molecule has 0 aliphatic heterocycles. The zero-order chi connectivity index (χ0) is 22.5. The van der Waals surface area contributed by atoms with Gasteiger partial charge in [0.2, 0.25) is 0 Å². The zero-order valence-electron chi connectivity index (χ0n) is 16.0. The summed E-state index contributed by atoms with van der Waals surface area (Å²) in [5.74, 6) is -9.18. The molecule has 0 aromatic rings. The molecule has 29 heavy (non-hydrogen) atoms. The van der Waals surface area contributed by atoms with Crippen molar-refractivity contribution in [2.24, 2.45) is 23.7 Å². The number of methoxy groups -OCH3 is 1. The lowest BCUT2D eigenvalue weighted by Crippen LogP contribution is -2.66. The van der Waals surface area contributed by atoms with Gasteiger partial charge in [0.1, 0.15) is 6.79 Å². The van der Waals surface area contributed by atoms with E-state index in [9.17, 15) is 35.1 Å². The van der Waals surface area contributed by atoms with Gasteiger partial charge in [-0.05, 0) is 18.3 Å². The molecule has 2 aliphatic carbocycles. The van der Waals surface area contributed by atoms with Crippen molar-refractivity contribution in [3.05, 3.63) is 0 Å². The normalized spacial score (nSPS) is 34.8. The third-order valence-electron chi connectivity index (χ3n) is 6.46. The summed E-state index contributed by atoms with van der Waals surface area (Å²) in [5.41, 5.74) is -9.17. The van der Waals surface area contributed by atoms with Crippen molar-refractivity contribution in [3.63, 3.8) is 0 Å². The molecule has 0 saturated heterocycles. The number of ether oxygens (including phenoxy) is 3. The van der Waals surface area contributed by atoms with Gasteiger partial charge in [-0.2, -0.15) is 26.3 Å². The number of hydrogen-bond donors (Lipinski definition) is 0. The van der Waals surface area contributed by atoms with E-state index < -0.39 is 79.5 Å². The molecule has 5 unspecified atom stereocenters. The molecule has 2 saturated carbocycles. The summed E-state index contributed by atoms with van der Waals surface area (Å²) in [6, 6.07) is 0. The van der Waals surface area contributed by atoms with Gasteiger partial charge in [0.15, 0.2) is 5.67 Å². The van der Waals surface area contributed by atoms with Crippen LogP contribution >= 0.6 is 0 Å². The van der Waals surface area contributed by atoms with E-state index in [2.05, 4.69) is 14.2 Å². The molecular formula is C17H23F9O3. The van der Waals surface area contributed by atoms with E-state index in [0.29, 0.717) is 0 Å².